The summed E-state index contributed by atoms with van der Waals surface area (Å²) in [7, 11) is 0. The first kappa shape index (κ1) is 19.5. The van der Waals surface area contributed by atoms with E-state index >= 15 is 0 Å². The van der Waals surface area contributed by atoms with Crippen LogP contribution in [0.25, 0.3) is 6.08 Å². The first-order valence-electron chi connectivity index (χ1n) is 8.52. The molecule has 0 fully saturated rings. The van der Waals surface area contributed by atoms with Gasteiger partial charge >= 0.3 is 5.97 Å². The van der Waals surface area contributed by atoms with E-state index in [1.807, 2.05) is 6.07 Å². The van der Waals surface area contributed by atoms with Crippen molar-refractivity contribution < 1.29 is 24.9 Å². The fraction of sp³-hybridized carbons (Fsp3) is 0.150. The van der Waals surface area contributed by atoms with Crippen molar-refractivity contribution in [1.82, 2.24) is 0 Å². The second-order valence-corrected chi connectivity index (χ2v) is 7.17. The van der Waals surface area contributed by atoms with Crippen LogP contribution in [0, 0.1) is 0 Å². The van der Waals surface area contributed by atoms with Crippen molar-refractivity contribution in [2.24, 2.45) is 4.99 Å². The normalized spacial score (nSPS) is 16.3. The molecule has 2 aromatic carbocycles. The van der Waals surface area contributed by atoms with Crippen molar-refractivity contribution in [3.05, 3.63) is 59.8 Å². The Bertz CT molecular complexity index is 972. The maximum atomic E-state index is 13.0. The second-order valence-electron chi connectivity index (χ2n) is 6.00. The molecule has 0 radical (unpaired) electrons. The zero-order valence-electron chi connectivity index (χ0n) is 14.9. The highest BCUT2D eigenvalue weighted by Crippen LogP contribution is 2.33. The summed E-state index contributed by atoms with van der Waals surface area (Å²) in [5.74, 6) is -1.71. The third kappa shape index (κ3) is 4.01. The van der Waals surface area contributed by atoms with Crippen molar-refractivity contribution in [1.29, 1.82) is 0 Å². The Morgan fingerprint density at radius 1 is 1.21 bits per heavy atom. The summed E-state index contributed by atoms with van der Waals surface area (Å²) in [5.41, 5.74) is 0.944. The summed E-state index contributed by atoms with van der Waals surface area (Å²) >= 11 is 1.00. The van der Waals surface area contributed by atoms with E-state index in [-0.39, 0.29) is 22.4 Å². The van der Waals surface area contributed by atoms with Gasteiger partial charge in [0.1, 0.15) is 22.4 Å². The molecule has 0 aliphatic carbocycles. The van der Waals surface area contributed by atoms with Crippen LogP contribution in [0.4, 0.5) is 5.69 Å². The van der Waals surface area contributed by atoms with E-state index in [9.17, 15) is 24.9 Å². The molecular formula is C20H18N2O5S. The van der Waals surface area contributed by atoms with Crippen molar-refractivity contribution in [3.63, 3.8) is 0 Å². The number of carbonyl (C=O) groups excluding carboxylic acids is 1. The standard InChI is InChI=1S/C20H18N2O5S/c1-2-17(19(26)27)28-20-21-15(10-12-8-9-14(23)11-16(12)24)18(25)22(20)13-6-4-3-5-7-13/h3-11,17,23-24H,2H2,1H3,(H,26,27)/b15-10+. The van der Waals surface area contributed by atoms with Crippen molar-refractivity contribution in [2.75, 3.05) is 4.90 Å². The number of benzene rings is 2. The number of aromatic hydroxyl groups is 2. The Labute approximate surface area is 165 Å². The lowest BCUT2D eigenvalue weighted by molar-refractivity contribution is -0.136. The van der Waals surface area contributed by atoms with Gasteiger partial charge in [0.15, 0.2) is 5.17 Å². The molecule has 1 atom stereocenters. The summed E-state index contributed by atoms with van der Waals surface area (Å²) in [6.07, 6.45) is 1.77. The number of amidine groups is 1. The molecule has 1 unspecified atom stereocenters. The van der Waals surface area contributed by atoms with Gasteiger partial charge in [-0.3, -0.25) is 14.5 Å². The van der Waals surface area contributed by atoms with Crippen LogP contribution in [-0.4, -0.2) is 37.6 Å². The highest BCUT2D eigenvalue weighted by atomic mass is 32.2. The SMILES string of the molecule is CCC(SC1=N/C(=C/c2ccc(O)cc2O)C(=O)N1c1ccccc1)C(=O)O. The molecule has 3 N–H and O–H groups in total. The van der Waals surface area contributed by atoms with E-state index in [4.69, 9.17) is 0 Å². The number of phenols is 2. The van der Waals surface area contributed by atoms with Gasteiger partial charge in [-0.2, -0.15) is 0 Å². The number of hydrogen-bond acceptors (Lipinski definition) is 6. The second kappa shape index (κ2) is 8.18. The molecule has 2 aromatic rings. The van der Waals surface area contributed by atoms with E-state index in [1.165, 1.54) is 23.1 Å². The van der Waals surface area contributed by atoms with Gasteiger partial charge < -0.3 is 15.3 Å². The van der Waals surface area contributed by atoms with Gasteiger partial charge in [-0.15, -0.1) is 0 Å². The summed E-state index contributed by atoms with van der Waals surface area (Å²) in [5, 5.41) is 28.3. The van der Waals surface area contributed by atoms with Gasteiger partial charge in [0.05, 0.1) is 5.69 Å². The Balaban J connectivity index is 2.03. The molecule has 7 nitrogen and oxygen atoms in total. The molecule has 144 valence electrons. The number of aliphatic carboxylic acids is 1. The molecule has 0 saturated heterocycles. The van der Waals surface area contributed by atoms with Gasteiger partial charge in [0.2, 0.25) is 0 Å². The van der Waals surface area contributed by atoms with E-state index in [0.717, 1.165) is 17.8 Å². The number of phenolic OH excluding ortho intramolecular Hbond substituents is 2. The van der Waals surface area contributed by atoms with Crippen LogP contribution >= 0.6 is 11.8 Å². The van der Waals surface area contributed by atoms with Gasteiger partial charge in [-0.25, -0.2) is 4.99 Å². The summed E-state index contributed by atoms with van der Waals surface area (Å²) in [4.78, 5) is 30.1. The van der Waals surface area contributed by atoms with Crippen LogP contribution in [0.15, 0.2) is 59.2 Å². The number of hydrogen-bond donors (Lipinski definition) is 3. The summed E-state index contributed by atoms with van der Waals surface area (Å²) in [6.45, 7) is 1.75. The lowest BCUT2D eigenvalue weighted by Crippen LogP contribution is -2.32. The topological polar surface area (TPSA) is 110 Å². The largest absolute Gasteiger partial charge is 0.508 e. The number of aliphatic imine (C=N–C) groups is 1. The monoisotopic (exact) mass is 398 g/mol. The molecule has 1 aliphatic rings. The zero-order chi connectivity index (χ0) is 20.3. The Morgan fingerprint density at radius 2 is 1.93 bits per heavy atom. The van der Waals surface area contributed by atoms with Crippen LogP contribution in [0.2, 0.25) is 0 Å². The lowest BCUT2D eigenvalue weighted by atomic mass is 10.1. The van der Waals surface area contributed by atoms with E-state index in [2.05, 4.69) is 4.99 Å². The number of rotatable bonds is 5. The number of nitrogens with zero attached hydrogens (tertiary/aromatic N) is 2. The Kier molecular flexibility index (Phi) is 5.70. The third-order valence-corrected chi connectivity index (χ3v) is 5.35. The number of carboxylic acids is 1. The number of anilines is 1. The van der Waals surface area contributed by atoms with E-state index in [0.29, 0.717) is 17.7 Å². The number of carbonyl (C=O) groups is 2. The van der Waals surface area contributed by atoms with E-state index < -0.39 is 17.1 Å². The molecule has 1 heterocycles. The minimum Gasteiger partial charge on any atom is -0.508 e. The molecule has 1 aliphatic heterocycles. The van der Waals surface area contributed by atoms with Crippen molar-refractivity contribution >= 4 is 40.6 Å². The maximum Gasteiger partial charge on any atom is 0.317 e. The zero-order valence-corrected chi connectivity index (χ0v) is 15.8. The fourth-order valence-corrected chi connectivity index (χ4v) is 3.58. The first-order chi connectivity index (χ1) is 13.4. The van der Waals surface area contributed by atoms with Crippen LogP contribution in [0.3, 0.4) is 0 Å². The number of carboxylic acid groups (broad SMARTS) is 1. The van der Waals surface area contributed by atoms with Gasteiger partial charge in [0.25, 0.3) is 5.91 Å². The predicted octanol–water partition coefficient (Wildman–Crippen LogP) is 3.44. The quantitative estimate of drug-likeness (QED) is 0.666. The Hall–Kier alpha value is -3.26. The molecule has 28 heavy (non-hydrogen) atoms. The summed E-state index contributed by atoms with van der Waals surface area (Å²) in [6, 6.07) is 12.8. The van der Waals surface area contributed by atoms with Crippen LogP contribution in [0.1, 0.15) is 18.9 Å². The molecule has 0 bridgehead atoms. The lowest BCUT2D eigenvalue weighted by Gasteiger charge is -2.19. The Morgan fingerprint density at radius 3 is 2.54 bits per heavy atom. The predicted molar refractivity (Wildman–Crippen MR) is 108 cm³/mol. The molecule has 0 aromatic heterocycles. The van der Waals surface area contributed by atoms with Gasteiger partial charge in [0, 0.05) is 11.6 Å². The number of para-hydroxylation sites is 1. The minimum atomic E-state index is -0.982. The van der Waals surface area contributed by atoms with Gasteiger partial charge in [-0.05, 0) is 36.8 Å². The number of thioether (sulfide) groups is 1. The highest BCUT2D eigenvalue weighted by molar-refractivity contribution is 8.15. The molecule has 8 heteroatoms. The molecule has 3 rings (SSSR count). The number of amides is 1. The van der Waals surface area contributed by atoms with Crippen LogP contribution in [0.5, 0.6) is 11.5 Å². The average molecular weight is 398 g/mol. The fourth-order valence-electron chi connectivity index (χ4n) is 2.62. The summed E-state index contributed by atoms with van der Waals surface area (Å²) < 4.78 is 0. The maximum absolute atomic E-state index is 13.0. The smallest absolute Gasteiger partial charge is 0.317 e. The molecule has 0 spiro atoms. The van der Waals surface area contributed by atoms with Crippen LogP contribution < -0.4 is 4.90 Å². The van der Waals surface area contributed by atoms with E-state index in [1.54, 1.807) is 31.2 Å². The molecule has 0 saturated carbocycles. The molecular weight excluding hydrogens is 380 g/mol. The third-order valence-electron chi connectivity index (χ3n) is 4.04. The van der Waals surface area contributed by atoms with Crippen molar-refractivity contribution in [3.8, 4) is 11.5 Å². The molecule has 1 amide bonds. The first-order valence-corrected chi connectivity index (χ1v) is 9.40. The minimum absolute atomic E-state index is 0.0626. The highest BCUT2D eigenvalue weighted by Gasteiger charge is 2.34. The van der Waals surface area contributed by atoms with Crippen molar-refractivity contribution in [2.45, 2.75) is 18.6 Å². The van der Waals surface area contributed by atoms with Gasteiger partial charge in [-0.1, -0.05) is 36.9 Å². The average Bonchev–Trinajstić information content (AvgIpc) is 2.97. The van der Waals surface area contributed by atoms with Crippen LogP contribution in [-0.2, 0) is 9.59 Å².